The number of rotatable bonds is 23. The number of likely N-dealkylation sites (N-methyl/N-ethyl adjacent to an activating group) is 1. The molecule has 8 amide bonds. The van der Waals surface area contributed by atoms with E-state index in [1.54, 1.807) is 56.9 Å². The molecule has 1 unspecified atom stereocenters. The average Bonchev–Trinajstić information content (AvgIpc) is 1.57. The molecule has 0 saturated heterocycles. The van der Waals surface area contributed by atoms with Gasteiger partial charge in [0.15, 0.2) is 20.1 Å². The summed E-state index contributed by atoms with van der Waals surface area (Å²) in [4.78, 5) is 58.9. The fourth-order valence-electron chi connectivity index (χ4n) is 20.1. The zero-order valence-corrected chi connectivity index (χ0v) is 76.9. The highest BCUT2D eigenvalue weighted by molar-refractivity contribution is 7.90. The summed E-state index contributed by atoms with van der Waals surface area (Å²) in [6.45, 7) is 5.32. The van der Waals surface area contributed by atoms with Crippen LogP contribution in [-0.4, -0.2) is 186 Å². The van der Waals surface area contributed by atoms with Crippen LogP contribution in [0.25, 0.3) is 0 Å². The maximum Gasteiger partial charge on any atom is 0.333 e. The van der Waals surface area contributed by atoms with Gasteiger partial charge >= 0.3 is 24.1 Å². The van der Waals surface area contributed by atoms with Gasteiger partial charge in [0.1, 0.15) is 6.67 Å². The number of nitrogens with zero attached hydrogens (tertiary/aromatic N) is 12. The number of urea groups is 4. The second-order valence-electron chi connectivity index (χ2n) is 35.9. The number of nitrogens with one attached hydrogen (secondary N) is 8. The summed E-state index contributed by atoms with van der Waals surface area (Å²) < 4.78 is 131. The largest absolute Gasteiger partial charge is 0.333 e. The van der Waals surface area contributed by atoms with Crippen LogP contribution >= 0.6 is 0 Å². The van der Waals surface area contributed by atoms with E-state index in [-0.39, 0.29) is 44.3 Å². The number of halogens is 1. The normalized spacial score (nSPS) is 17.2. The Bertz CT molecular complexity index is 5780. The number of carbonyl (C=O) groups excluding carboxylic acids is 4. The molecule has 9 aliphatic carbocycles. The molecule has 4 aromatic carbocycles. The standard InChI is InChI=1S/C23H32FN5O3S.2C22H29N5O3S.C21H29N5O3S/c1-15(2)29-18(14-28(3)11-10-24)13-21(26-29)33(31,32)27-23(30)25-22-19-8-4-6-16(19)12-17-7-5-9-20(17)22;1-26(2)22(10-11-22)18-13-19(24-27(18)3)31(29,30)25-21(28)23-20-16-8-4-6-14(16)12-15-7-5-9-17(15)20;1-26(2)18-10-5-11-27-19(18)13-20(24-27)31(29,30)25-22(28)23-21-16-8-3-6-14(16)12-15-7-4-9-17(15)21;1-25(2)11-10-16-13-19(23-26(16)3)30(28,29)24-21(27)22-20-17-8-4-6-14(17)12-15-7-5-9-18(15)20/h12-13,15H,4-11,14H2,1-3H3,(H2,25,27,30);12-13H,4-11H2,1-3H3,(H2,23,25,28);12-13,18H,3-11H2,1-2H3,(H2,23,25,28);12-13H,4-11H2,1-3H3,(H2,22,24,27). The minimum absolute atomic E-state index is 0.0916. The lowest BCUT2D eigenvalue weighted by Gasteiger charge is -2.28. The first-order valence-electron chi connectivity index (χ1n) is 44.0. The molecule has 0 radical (unpaired) electrons. The third-order valence-corrected chi connectivity index (χ3v) is 31.1. The van der Waals surface area contributed by atoms with Gasteiger partial charge in [0.05, 0.1) is 28.7 Å². The molecule has 37 heteroatoms. The van der Waals surface area contributed by atoms with E-state index in [2.05, 4.69) is 94.6 Å². The van der Waals surface area contributed by atoms with Crippen molar-refractivity contribution in [3.63, 3.8) is 0 Å². The van der Waals surface area contributed by atoms with Crippen LogP contribution in [0.15, 0.2) is 68.6 Å². The number of anilines is 4. The number of sulfonamides is 4. The zero-order chi connectivity index (χ0) is 88.9. The molecular weight excluding hydrogens is 1680 g/mol. The molecule has 32 nitrogen and oxygen atoms in total. The summed E-state index contributed by atoms with van der Waals surface area (Å²) in [6, 6.07) is 12.3. The lowest BCUT2D eigenvalue weighted by atomic mass is 9.99. The number of amides is 8. The molecule has 1 atom stereocenters. The maximum atomic E-state index is 13.0. The van der Waals surface area contributed by atoms with E-state index < -0.39 is 70.9 Å². The monoisotopic (exact) mass is 1790 g/mol. The summed E-state index contributed by atoms with van der Waals surface area (Å²) in [7, 11) is 0.663. The van der Waals surface area contributed by atoms with Crippen LogP contribution in [-0.2, 0) is 182 Å². The summed E-state index contributed by atoms with van der Waals surface area (Å²) >= 11 is 0. The second kappa shape index (κ2) is 36.6. The van der Waals surface area contributed by atoms with Crippen molar-refractivity contribution < 1.29 is 57.2 Å². The first-order chi connectivity index (χ1) is 59.5. The number of alkyl halides is 1. The van der Waals surface area contributed by atoms with Crippen molar-refractivity contribution >= 4 is 87.0 Å². The quantitative estimate of drug-likeness (QED) is 0.0295. The van der Waals surface area contributed by atoms with E-state index in [4.69, 9.17) is 0 Å². The molecule has 8 aromatic rings. The van der Waals surface area contributed by atoms with Gasteiger partial charge < -0.3 is 31.1 Å². The van der Waals surface area contributed by atoms with Crippen LogP contribution in [0.3, 0.4) is 0 Å². The van der Waals surface area contributed by atoms with Crippen molar-refractivity contribution in [1.29, 1.82) is 0 Å². The Labute approximate surface area is 732 Å². The van der Waals surface area contributed by atoms with Crippen LogP contribution in [0, 0.1) is 0 Å². The molecule has 4 aromatic heterocycles. The molecule has 1 aliphatic heterocycles. The number of hydrogen-bond donors (Lipinski definition) is 8. The molecule has 125 heavy (non-hydrogen) atoms. The third kappa shape index (κ3) is 19.3. The predicted octanol–water partition coefficient (Wildman–Crippen LogP) is 10.6. The fraction of sp³-hybridized carbons (Fsp3) is 0.545. The Morgan fingerprint density at radius 3 is 1.10 bits per heavy atom. The van der Waals surface area contributed by atoms with Gasteiger partial charge in [-0.25, -0.2) is 42.5 Å². The van der Waals surface area contributed by atoms with E-state index in [0.29, 0.717) is 25.2 Å². The number of benzene rings is 4. The Morgan fingerprint density at radius 1 is 0.432 bits per heavy atom. The number of aromatic nitrogens is 8. The van der Waals surface area contributed by atoms with E-state index in [9.17, 15) is 57.2 Å². The number of hydrogen-bond acceptors (Lipinski definition) is 20. The highest BCUT2D eigenvalue weighted by atomic mass is 32.2. The molecular formula is C88H119FN20O12S4. The Kier molecular flexibility index (Phi) is 26.4. The molecule has 5 heterocycles. The lowest BCUT2D eigenvalue weighted by Crippen LogP contribution is -2.35. The Balaban J connectivity index is 0.000000129. The van der Waals surface area contributed by atoms with Gasteiger partial charge in [0.25, 0.3) is 40.1 Å². The van der Waals surface area contributed by atoms with Crippen LogP contribution in [0.2, 0.25) is 0 Å². The molecule has 18 rings (SSSR count). The lowest BCUT2D eigenvalue weighted by molar-refractivity contribution is 0.236. The summed E-state index contributed by atoms with van der Waals surface area (Å²) in [5.41, 5.74) is 25.7. The Morgan fingerprint density at radius 2 is 0.768 bits per heavy atom. The van der Waals surface area contributed by atoms with Crippen LogP contribution in [0.5, 0.6) is 0 Å². The summed E-state index contributed by atoms with van der Waals surface area (Å²) in [5.74, 6) is 0. The van der Waals surface area contributed by atoms with E-state index in [1.807, 2.05) is 61.0 Å². The van der Waals surface area contributed by atoms with Crippen LogP contribution in [0.1, 0.15) is 215 Å². The number of carbonyl (C=O) groups is 4. The van der Waals surface area contributed by atoms with Crippen molar-refractivity contribution in [2.75, 3.05) is 90.4 Å². The first kappa shape index (κ1) is 90.2. The Hall–Kier alpha value is -9.63. The number of aryl methyl sites for hydroxylation is 11. The molecule has 1 saturated carbocycles. The second-order valence-corrected chi connectivity index (χ2v) is 42.5. The minimum atomic E-state index is -4.18. The van der Waals surface area contributed by atoms with E-state index in [1.165, 1.54) is 67.8 Å². The van der Waals surface area contributed by atoms with Crippen molar-refractivity contribution in [3.8, 4) is 0 Å². The van der Waals surface area contributed by atoms with Crippen LogP contribution in [0.4, 0.5) is 46.3 Å². The smallest absolute Gasteiger partial charge is 0.309 e. The first-order valence-corrected chi connectivity index (χ1v) is 49.9. The molecule has 674 valence electrons. The molecule has 0 bridgehead atoms. The molecule has 8 N–H and O–H groups in total. The highest BCUT2D eigenvalue weighted by Crippen LogP contribution is 2.50. The highest BCUT2D eigenvalue weighted by Gasteiger charge is 2.50. The molecule has 1 fully saturated rings. The van der Waals surface area contributed by atoms with E-state index in [0.717, 1.165) is 260 Å². The topological polar surface area (TPSA) is 385 Å². The maximum absolute atomic E-state index is 13.0. The summed E-state index contributed by atoms with van der Waals surface area (Å²) in [5, 5.41) is 27.7. The van der Waals surface area contributed by atoms with Gasteiger partial charge in [0.2, 0.25) is 0 Å². The fourth-order valence-corrected chi connectivity index (χ4v) is 23.6. The average molecular weight is 1800 g/mol. The third-order valence-electron chi connectivity index (χ3n) is 26.3. The van der Waals surface area contributed by atoms with Crippen molar-refractivity contribution in [1.82, 2.24) is 77.6 Å². The van der Waals surface area contributed by atoms with E-state index >= 15 is 0 Å². The van der Waals surface area contributed by atoms with Gasteiger partial charge in [0, 0.05) is 105 Å². The zero-order valence-electron chi connectivity index (χ0n) is 73.6. The van der Waals surface area contributed by atoms with Crippen molar-refractivity contribution in [2.24, 2.45) is 14.1 Å². The number of fused-ring (bicyclic) bond motifs is 9. The van der Waals surface area contributed by atoms with Crippen molar-refractivity contribution in [3.05, 3.63) is 160 Å². The predicted molar refractivity (Wildman–Crippen MR) is 475 cm³/mol. The molecule has 10 aliphatic rings. The van der Waals surface area contributed by atoms with Gasteiger partial charge in [-0.1, -0.05) is 24.3 Å². The van der Waals surface area contributed by atoms with Gasteiger partial charge in [-0.3, -0.25) is 28.5 Å². The van der Waals surface area contributed by atoms with Gasteiger partial charge in [-0.15, -0.1) is 0 Å². The minimum Gasteiger partial charge on any atom is -0.309 e. The SMILES string of the molecule is CC(C)n1nc(S(=O)(=O)NC(=O)Nc2c3c(cc4c2CCC4)CCC3)cc1CN(C)CCF.CN(C)C1(c2cc(S(=O)(=O)NC(=O)Nc3c4c(cc5c3CCC5)CCC4)nn2C)CC1.CN(C)C1CCCn2nc(S(=O)(=O)NC(=O)Nc3c4c(cc5c3CCC5)CCC4)cc21.CN(C)CCc1cc(S(=O)(=O)NC(=O)Nc2c3c(cc4c2CCC4)CCC3)nn1C. The van der Waals surface area contributed by atoms with Crippen LogP contribution < -0.4 is 40.2 Å². The van der Waals surface area contributed by atoms with Crippen molar-refractivity contribution in [2.45, 2.75) is 251 Å². The summed E-state index contributed by atoms with van der Waals surface area (Å²) in [6.07, 6.45) is 28.3. The van der Waals surface area contributed by atoms with Gasteiger partial charge in [-0.2, -0.15) is 54.1 Å². The van der Waals surface area contributed by atoms with Gasteiger partial charge in [-0.05, 0) is 332 Å². The molecule has 0 spiro atoms.